The SMILES string of the molecule is CC1(C(=O)Nc2cccc3cccnc23)CCCCC1. The molecule has 1 aliphatic carbocycles. The molecule has 0 aliphatic heterocycles. The first-order valence-electron chi connectivity index (χ1n) is 7.34. The Kier molecular flexibility index (Phi) is 3.43. The largest absolute Gasteiger partial charge is 0.324 e. The quantitative estimate of drug-likeness (QED) is 0.889. The lowest BCUT2D eigenvalue weighted by atomic mass is 9.75. The third-order valence-corrected chi connectivity index (χ3v) is 4.39. The van der Waals surface area contributed by atoms with Crippen LogP contribution in [0.5, 0.6) is 0 Å². The molecule has 0 spiro atoms. The summed E-state index contributed by atoms with van der Waals surface area (Å²) in [6.07, 6.45) is 7.28. The Bertz CT molecular complexity index is 624. The van der Waals surface area contributed by atoms with Gasteiger partial charge in [0, 0.05) is 17.0 Å². The third-order valence-electron chi connectivity index (χ3n) is 4.39. The summed E-state index contributed by atoms with van der Waals surface area (Å²) in [4.78, 5) is 17.0. The molecule has 1 saturated carbocycles. The zero-order valence-corrected chi connectivity index (χ0v) is 11.9. The molecule has 1 aromatic carbocycles. The van der Waals surface area contributed by atoms with E-state index in [0.29, 0.717) is 0 Å². The molecule has 0 atom stereocenters. The van der Waals surface area contributed by atoms with Crippen LogP contribution in [-0.2, 0) is 4.79 Å². The lowest BCUT2D eigenvalue weighted by molar-refractivity contribution is -0.126. The number of carbonyl (C=O) groups excluding carboxylic acids is 1. The maximum Gasteiger partial charge on any atom is 0.230 e. The molecule has 1 heterocycles. The number of nitrogens with one attached hydrogen (secondary N) is 1. The molecule has 2 aromatic rings. The predicted molar refractivity (Wildman–Crippen MR) is 81.6 cm³/mol. The van der Waals surface area contributed by atoms with Crippen molar-refractivity contribution in [2.24, 2.45) is 5.41 Å². The van der Waals surface area contributed by atoms with Crippen LogP contribution in [0.25, 0.3) is 10.9 Å². The number of fused-ring (bicyclic) bond motifs is 1. The highest BCUT2D eigenvalue weighted by Gasteiger charge is 2.34. The van der Waals surface area contributed by atoms with Crippen LogP contribution in [0.1, 0.15) is 39.0 Å². The number of hydrogen-bond donors (Lipinski definition) is 1. The van der Waals surface area contributed by atoms with E-state index in [-0.39, 0.29) is 11.3 Å². The van der Waals surface area contributed by atoms with E-state index in [9.17, 15) is 4.79 Å². The summed E-state index contributed by atoms with van der Waals surface area (Å²) in [5.41, 5.74) is 1.46. The average molecular weight is 268 g/mol. The second kappa shape index (κ2) is 5.23. The van der Waals surface area contributed by atoms with Gasteiger partial charge in [0.05, 0.1) is 11.2 Å². The Labute approximate surface area is 119 Å². The first-order valence-corrected chi connectivity index (χ1v) is 7.34. The Morgan fingerprint density at radius 3 is 2.70 bits per heavy atom. The maximum absolute atomic E-state index is 12.6. The maximum atomic E-state index is 12.6. The van der Waals surface area contributed by atoms with Crippen molar-refractivity contribution in [1.29, 1.82) is 0 Å². The van der Waals surface area contributed by atoms with Crippen LogP contribution in [0.15, 0.2) is 36.5 Å². The van der Waals surface area contributed by atoms with E-state index in [1.807, 2.05) is 30.3 Å². The van der Waals surface area contributed by atoms with E-state index in [4.69, 9.17) is 0 Å². The Morgan fingerprint density at radius 2 is 1.90 bits per heavy atom. The number of para-hydroxylation sites is 1. The predicted octanol–water partition coefficient (Wildman–Crippen LogP) is 4.14. The molecule has 1 aromatic heterocycles. The Morgan fingerprint density at radius 1 is 1.15 bits per heavy atom. The van der Waals surface area contributed by atoms with E-state index in [1.165, 1.54) is 6.42 Å². The third kappa shape index (κ3) is 2.40. The molecule has 3 rings (SSSR count). The van der Waals surface area contributed by atoms with Crippen LogP contribution in [0.4, 0.5) is 5.69 Å². The molecule has 104 valence electrons. The molecule has 0 saturated heterocycles. The Hall–Kier alpha value is -1.90. The van der Waals surface area contributed by atoms with Gasteiger partial charge in [-0.1, -0.05) is 44.4 Å². The number of pyridine rings is 1. The molecule has 20 heavy (non-hydrogen) atoms. The van der Waals surface area contributed by atoms with Gasteiger partial charge in [-0.3, -0.25) is 9.78 Å². The van der Waals surface area contributed by atoms with Gasteiger partial charge in [0.25, 0.3) is 0 Å². The highest BCUT2D eigenvalue weighted by molar-refractivity contribution is 6.02. The number of benzene rings is 1. The van der Waals surface area contributed by atoms with Gasteiger partial charge < -0.3 is 5.32 Å². The number of hydrogen-bond acceptors (Lipinski definition) is 2. The van der Waals surface area contributed by atoms with Crippen molar-refractivity contribution < 1.29 is 4.79 Å². The van der Waals surface area contributed by atoms with Gasteiger partial charge in [-0.25, -0.2) is 0 Å². The van der Waals surface area contributed by atoms with E-state index < -0.39 is 0 Å². The fraction of sp³-hybridized carbons (Fsp3) is 0.412. The number of carbonyl (C=O) groups is 1. The average Bonchev–Trinajstić information content (AvgIpc) is 2.48. The minimum Gasteiger partial charge on any atom is -0.324 e. The van der Waals surface area contributed by atoms with Crippen LogP contribution in [0.2, 0.25) is 0 Å². The first kappa shape index (κ1) is 13.1. The topological polar surface area (TPSA) is 42.0 Å². The summed E-state index contributed by atoms with van der Waals surface area (Å²) in [5, 5.41) is 4.15. The van der Waals surface area contributed by atoms with Gasteiger partial charge in [-0.15, -0.1) is 0 Å². The summed E-state index contributed by atoms with van der Waals surface area (Å²) >= 11 is 0. The summed E-state index contributed by atoms with van der Waals surface area (Å²) in [6, 6.07) is 9.83. The van der Waals surface area contributed by atoms with Crippen molar-refractivity contribution in [2.45, 2.75) is 39.0 Å². The van der Waals surface area contributed by atoms with E-state index >= 15 is 0 Å². The lowest BCUT2D eigenvalue weighted by Gasteiger charge is -2.32. The molecule has 0 bridgehead atoms. The van der Waals surface area contributed by atoms with E-state index in [0.717, 1.165) is 42.3 Å². The zero-order chi connectivity index (χ0) is 14.0. The monoisotopic (exact) mass is 268 g/mol. The molecule has 0 unspecified atom stereocenters. The van der Waals surface area contributed by atoms with Crippen LogP contribution in [-0.4, -0.2) is 10.9 Å². The van der Waals surface area contributed by atoms with Crippen LogP contribution in [0, 0.1) is 5.41 Å². The van der Waals surface area contributed by atoms with Crippen molar-refractivity contribution in [3.63, 3.8) is 0 Å². The second-order valence-corrected chi connectivity index (χ2v) is 5.96. The molecular formula is C17H20N2O. The molecular weight excluding hydrogens is 248 g/mol. The molecule has 1 amide bonds. The molecule has 0 radical (unpaired) electrons. The molecule has 1 N–H and O–H groups in total. The van der Waals surface area contributed by atoms with Crippen molar-refractivity contribution in [3.05, 3.63) is 36.5 Å². The van der Waals surface area contributed by atoms with Crippen molar-refractivity contribution >= 4 is 22.5 Å². The fourth-order valence-corrected chi connectivity index (χ4v) is 3.04. The van der Waals surface area contributed by atoms with Gasteiger partial charge in [0.1, 0.15) is 0 Å². The van der Waals surface area contributed by atoms with Crippen LogP contribution >= 0.6 is 0 Å². The summed E-state index contributed by atoms with van der Waals surface area (Å²) in [7, 11) is 0. The van der Waals surface area contributed by atoms with Gasteiger partial charge in [0.15, 0.2) is 0 Å². The summed E-state index contributed by atoms with van der Waals surface area (Å²) in [5.74, 6) is 0.135. The van der Waals surface area contributed by atoms with E-state index in [1.54, 1.807) is 6.20 Å². The number of anilines is 1. The molecule has 1 aliphatic rings. The highest BCUT2D eigenvalue weighted by atomic mass is 16.2. The molecule has 3 nitrogen and oxygen atoms in total. The van der Waals surface area contributed by atoms with Crippen LogP contribution in [0.3, 0.4) is 0 Å². The van der Waals surface area contributed by atoms with Crippen LogP contribution < -0.4 is 5.32 Å². The van der Waals surface area contributed by atoms with Crippen molar-refractivity contribution in [3.8, 4) is 0 Å². The van der Waals surface area contributed by atoms with Crippen molar-refractivity contribution in [1.82, 2.24) is 4.98 Å². The van der Waals surface area contributed by atoms with Crippen molar-refractivity contribution in [2.75, 3.05) is 5.32 Å². The van der Waals surface area contributed by atoms with E-state index in [2.05, 4.69) is 17.2 Å². The van der Waals surface area contributed by atoms with Gasteiger partial charge in [-0.05, 0) is 25.0 Å². The summed E-state index contributed by atoms with van der Waals surface area (Å²) < 4.78 is 0. The number of aromatic nitrogens is 1. The van der Waals surface area contributed by atoms with Gasteiger partial charge in [0.2, 0.25) is 5.91 Å². The lowest BCUT2D eigenvalue weighted by Crippen LogP contribution is -2.35. The van der Waals surface area contributed by atoms with Gasteiger partial charge in [-0.2, -0.15) is 0 Å². The first-order chi connectivity index (χ1) is 9.69. The Balaban J connectivity index is 1.87. The smallest absolute Gasteiger partial charge is 0.230 e. The number of rotatable bonds is 2. The highest BCUT2D eigenvalue weighted by Crippen LogP contribution is 2.37. The standard InChI is InChI=1S/C17H20N2O/c1-17(10-3-2-4-11-17)16(20)19-14-9-5-7-13-8-6-12-18-15(13)14/h5-9,12H,2-4,10-11H2,1H3,(H,19,20). The summed E-state index contributed by atoms with van der Waals surface area (Å²) in [6.45, 7) is 2.08. The van der Waals surface area contributed by atoms with Gasteiger partial charge >= 0.3 is 0 Å². The number of amides is 1. The second-order valence-electron chi connectivity index (χ2n) is 5.96. The fourth-order valence-electron chi connectivity index (χ4n) is 3.04. The minimum absolute atomic E-state index is 0.135. The molecule has 1 fully saturated rings. The number of nitrogens with zero attached hydrogens (tertiary/aromatic N) is 1. The normalized spacial score (nSPS) is 17.9. The molecule has 3 heteroatoms. The zero-order valence-electron chi connectivity index (χ0n) is 11.9. The minimum atomic E-state index is -0.227.